The van der Waals surface area contributed by atoms with Gasteiger partial charge in [0, 0.05) is 19.6 Å². The summed E-state index contributed by atoms with van der Waals surface area (Å²) in [7, 11) is 0. The van der Waals surface area contributed by atoms with Crippen LogP contribution in [-0.2, 0) is 4.79 Å². The van der Waals surface area contributed by atoms with Crippen molar-refractivity contribution in [2.24, 2.45) is 0 Å². The zero-order valence-corrected chi connectivity index (χ0v) is 11.3. The minimum Gasteiger partial charge on any atom is -0.342 e. The van der Waals surface area contributed by atoms with Crippen LogP contribution in [0.25, 0.3) is 0 Å². The first-order valence-corrected chi connectivity index (χ1v) is 6.95. The van der Waals surface area contributed by atoms with E-state index < -0.39 is 0 Å². The van der Waals surface area contributed by atoms with Crippen LogP contribution in [0.1, 0.15) is 24.3 Å². The number of likely N-dealkylation sites (tertiary alicyclic amines) is 1. The predicted octanol–water partition coefficient (Wildman–Crippen LogP) is 2.17. The van der Waals surface area contributed by atoms with Crippen molar-refractivity contribution in [1.29, 1.82) is 0 Å². The van der Waals surface area contributed by atoms with E-state index in [1.54, 1.807) is 6.08 Å². The summed E-state index contributed by atoms with van der Waals surface area (Å²) in [6.45, 7) is 6.47. The highest BCUT2D eigenvalue weighted by Gasteiger charge is 2.23. The van der Waals surface area contributed by atoms with Gasteiger partial charge in [0.2, 0.25) is 5.91 Å². The van der Waals surface area contributed by atoms with Crippen molar-refractivity contribution in [3.05, 3.63) is 48.6 Å². The van der Waals surface area contributed by atoms with Crippen molar-refractivity contribution >= 4 is 5.91 Å². The van der Waals surface area contributed by atoms with E-state index >= 15 is 0 Å². The van der Waals surface area contributed by atoms with Gasteiger partial charge in [0.1, 0.15) is 0 Å². The Morgan fingerprint density at radius 3 is 2.63 bits per heavy atom. The Balaban J connectivity index is 1.79. The van der Waals surface area contributed by atoms with Gasteiger partial charge in [-0.05, 0) is 24.3 Å². The fourth-order valence-corrected chi connectivity index (χ4v) is 2.58. The number of carbonyl (C=O) groups is 1. The molecule has 1 fully saturated rings. The quantitative estimate of drug-likeness (QED) is 0.648. The molecular weight excluding hydrogens is 236 g/mol. The monoisotopic (exact) mass is 258 g/mol. The number of benzene rings is 1. The highest BCUT2D eigenvalue weighted by molar-refractivity contribution is 5.78. The van der Waals surface area contributed by atoms with Gasteiger partial charge in [0.25, 0.3) is 0 Å². The molecule has 19 heavy (non-hydrogen) atoms. The molecule has 1 aliphatic heterocycles. The van der Waals surface area contributed by atoms with Gasteiger partial charge in [0.15, 0.2) is 0 Å². The van der Waals surface area contributed by atoms with Crippen LogP contribution in [-0.4, -0.2) is 37.0 Å². The topological polar surface area (TPSA) is 32.3 Å². The van der Waals surface area contributed by atoms with Gasteiger partial charge < -0.3 is 10.2 Å². The lowest BCUT2D eigenvalue weighted by atomic mass is 9.89. The van der Waals surface area contributed by atoms with Crippen molar-refractivity contribution in [2.75, 3.05) is 26.2 Å². The number of carbonyl (C=O) groups excluding carboxylic acids is 1. The van der Waals surface area contributed by atoms with E-state index in [0.29, 0.717) is 19.0 Å². The molecular formula is C16H22N2O. The molecule has 0 aromatic heterocycles. The maximum Gasteiger partial charge on any atom is 0.236 e. The molecule has 3 nitrogen and oxygen atoms in total. The molecule has 102 valence electrons. The summed E-state index contributed by atoms with van der Waals surface area (Å²) < 4.78 is 0. The number of nitrogens with one attached hydrogen (secondary N) is 1. The molecule has 0 aliphatic carbocycles. The standard InChI is InChI=1S/C16H22N2O/c1-2-10-17-13-16(19)18-11-8-15(9-12-18)14-6-4-3-5-7-14/h2-7,15,17H,1,8-13H2. The molecule has 1 aromatic carbocycles. The van der Waals surface area contributed by atoms with Crippen LogP contribution in [0.15, 0.2) is 43.0 Å². The molecule has 0 saturated carbocycles. The van der Waals surface area contributed by atoms with Gasteiger partial charge in [0.05, 0.1) is 6.54 Å². The van der Waals surface area contributed by atoms with Gasteiger partial charge in [-0.25, -0.2) is 0 Å². The maximum absolute atomic E-state index is 11.9. The van der Waals surface area contributed by atoms with E-state index in [-0.39, 0.29) is 5.91 Å². The minimum atomic E-state index is 0.202. The third-order valence-corrected chi connectivity index (χ3v) is 3.68. The van der Waals surface area contributed by atoms with E-state index in [1.165, 1.54) is 5.56 Å². The van der Waals surface area contributed by atoms with E-state index in [9.17, 15) is 4.79 Å². The summed E-state index contributed by atoms with van der Waals surface area (Å²) in [5, 5.41) is 3.07. The second-order valence-electron chi connectivity index (χ2n) is 4.99. The molecule has 0 radical (unpaired) electrons. The second kappa shape index (κ2) is 7.10. The van der Waals surface area contributed by atoms with Crippen LogP contribution in [0.5, 0.6) is 0 Å². The van der Waals surface area contributed by atoms with Crippen LogP contribution in [0, 0.1) is 0 Å². The number of amides is 1. The first-order valence-electron chi connectivity index (χ1n) is 6.95. The van der Waals surface area contributed by atoms with Crippen LogP contribution < -0.4 is 5.32 Å². The molecule has 2 rings (SSSR count). The van der Waals surface area contributed by atoms with Gasteiger partial charge in [-0.2, -0.15) is 0 Å². The van der Waals surface area contributed by atoms with Gasteiger partial charge >= 0.3 is 0 Å². The number of rotatable bonds is 5. The summed E-state index contributed by atoms with van der Waals surface area (Å²) in [4.78, 5) is 13.9. The lowest BCUT2D eigenvalue weighted by molar-refractivity contribution is -0.131. The first kappa shape index (κ1) is 13.8. The molecule has 1 aliphatic rings. The Kier molecular flexibility index (Phi) is 5.16. The van der Waals surface area contributed by atoms with Crippen LogP contribution in [0.3, 0.4) is 0 Å². The molecule has 0 bridgehead atoms. The summed E-state index contributed by atoms with van der Waals surface area (Å²) in [5.41, 5.74) is 1.40. The molecule has 0 unspecified atom stereocenters. The Morgan fingerprint density at radius 1 is 1.32 bits per heavy atom. The average Bonchev–Trinajstić information content (AvgIpc) is 2.48. The molecule has 3 heteroatoms. The molecule has 0 spiro atoms. The van der Waals surface area contributed by atoms with E-state index in [1.807, 2.05) is 11.0 Å². The minimum absolute atomic E-state index is 0.202. The largest absolute Gasteiger partial charge is 0.342 e. The number of hydrogen-bond acceptors (Lipinski definition) is 2. The third kappa shape index (κ3) is 3.93. The van der Waals surface area contributed by atoms with E-state index in [2.05, 4.69) is 36.2 Å². The first-order chi connectivity index (χ1) is 9.31. The number of hydrogen-bond donors (Lipinski definition) is 1. The molecule has 1 aromatic rings. The summed E-state index contributed by atoms with van der Waals surface area (Å²) in [5.74, 6) is 0.805. The summed E-state index contributed by atoms with van der Waals surface area (Å²) in [6, 6.07) is 10.6. The van der Waals surface area contributed by atoms with Gasteiger partial charge in [-0.15, -0.1) is 6.58 Å². The van der Waals surface area contributed by atoms with Crippen LogP contribution >= 0.6 is 0 Å². The lowest BCUT2D eigenvalue weighted by Crippen LogP contribution is -2.42. The highest BCUT2D eigenvalue weighted by atomic mass is 16.2. The summed E-state index contributed by atoms with van der Waals surface area (Å²) in [6.07, 6.45) is 3.91. The SMILES string of the molecule is C=CCNCC(=O)N1CCC(c2ccccc2)CC1. The number of nitrogens with zero attached hydrogens (tertiary/aromatic N) is 1. The average molecular weight is 258 g/mol. The van der Waals surface area contributed by atoms with E-state index in [0.717, 1.165) is 25.9 Å². The van der Waals surface area contributed by atoms with Crippen molar-refractivity contribution in [3.63, 3.8) is 0 Å². The normalized spacial score (nSPS) is 16.3. The Bertz CT molecular complexity index is 408. The van der Waals surface area contributed by atoms with Crippen molar-refractivity contribution in [1.82, 2.24) is 10.2 Å². The zero-order valence-electron chi connectivity index (χ0n) is 11.3. The van der Waals surface area contributed by atoms with Crippen molar-refractivity contribution in [2.45, 2.75) is 18.8 Å². The number of piperidine rings is 1. The maximum atomic E-state index is 11.9. The van der Waals surface area contributed by atoms with Gasteiger partial charge in [-0.3, -0.25) is 4.79 Å². The van der Waals surface area contributed by atoms with Crippen molar-refractivity contribution in [3.8, 4) is 0 Å². The van der Waals surface area contributed by atoms with Gasteiger partial charge in [-0.1, -0.05) is 36.4 Å². The van der Waals surface area contributed by atoms with Crippen LogP contribution in [0.4, 0.5) is 0 Å². The fourth-order valence-electron chi connectivity index (χ4n) is 2.58. The van der Waals surface area contributed by atoms with E-state index in [4.69, 9.17) is 0 Å². The Labute approximate surface area is 115 Å². The van der Waals surface area contributed by atoms with Crippen LogP contribution in [0.2, 0.25) is 0 Å². The zero-order chi connectivity index (χ0) is 13.5. The highest BCUT2D eigenvalue weighted by Crippen LogP contribution is 2.27. The lowest BCUT2D eigenvalue weighted by Gasteiger charge is -2.32. The molecule has 1 heterocycles. The smallest absolute Gasteiger partial charge is 0.236 e. The third-order valence-electron chi connectivity index (χ3n) is 3.68. The second-order valence-corrected chi connectivity index (χ2v) is 4.99. The Hall–Kier alpha value is -1.61. The molecule has 0 atom stereocenters. The fraction of sp³-hybridized carbons (Fsp3) is 0.438. The molecule has 1 N–H and O–H groups in total. The molecule has 1 amide bonds. The Morgan fingerprint density at radius 2 is 2.00 bits per heavy atom. The van der Waals surface area contributed by atoms with Crippen molar-refractivity contribution < 1.29 is 4.79 Å². The molecule has 1 saturated heterocycles. The summed E-state index contributed by atoms with van der Waals surface area (Å²) >= 11 is 0. The predicted molar refractivity (Wildman–Crippen MR) is 78.1 cm³/mol.